The summed E-state index contributed by atoms with van der Waals surface area (Å²) in [6.07, 6.45) is 0.635. The number of rotatable bonds is 7. The van der Waals surface area contributed by atoms with Crippen LogP contribution in [0, 0.1) is 18.6 Å². The van der Waals surface area contributed by atoms with E-state index in [0.717, 1.165) is 28.9 Å². The molecule has 0 spiro atoms. The summed E-state index contributed by atoms with van der Waals surface area (Å²) in [6, 6.07) is 10.3. The van der Waals surface area contributed by atoms with E-state index >= 15 is 0 Å². The molecular formula is C26H23ClF2N2O5. The molecule has 36 heavy (non-hydrogen) atoms. The van der Waals surface area contributed by atoms with Crippen molar-refractivity contribution in [3.05, 3.63) is 91.9 Å². The molecule has 7 nitrogen and oxygen atoms in total. The molecular weight excluding hydrogens is 494 g/mol. The average Bonchev–Trinajstić information content (AvgIpc) is 3.26. The molecule has 0 atom stereocenters. The van der Waals surface area contributed by atoms with Crippen molar-refractivity contribution < 1.29 is 27.8 Å². The number of pyridine rings is 1. The van der Waals surface area contributed by atoms with Crippen LogP contribution in [0.2, 0.25) is 5.02 Å². The summed E-state index contributed by atoms with van der Waals surface area (Å²) in [5.74, 6) is -2.15. The van der Waals surface area contributed by atoms with Gasteiger partial charge in [0, 0.05) is 42.5 Å². The Morgan fingerprint density at radius 3 is 2.61 bits per heavy atom. The zero-order valence-corrected chi connectivity index (χ0v) is 20.4. The van der Waals surface area contributed by atoms with Gasteiger partial charge in [-0.15, -0.1) is 0 Å². The molecule has 0 unspecified atom stereocenters. The van der Waals surface area contributed by atoms with Gasteiger partial charge in [-0.05, 0) is 42.7 Å². The van der Waals surface area contributed by atoms with Gasteiger partial charge in [-0.3, -0.25) is 14.4 Å². The monoisotopic (exact) mass is 516 g/mol. The van der Waals surface area contributed by atoms with Gasteiger partial charge in [-0.2, -0.15) is 0 Å². The highest BCUT2D eigenvalue weighted by atomic mass is 35.5. The number of benzene rings is 2. The van der Waals surface area contributed by atoms with Crippen molar-refractivity contribution in [2.45, 2.75) is 33.4 Å². The number of aryl methyl sites for hydroxylation is 1. The van der Waals surface area contributed by atoms with E-state index in [2.05, 4.69) is 0 Å². The molecule has 0 saturated carbocycles. The third-order valence-corrected chi connectivity index (χ3v) is 6.24. The molecule has 10 heteroatoms. The smallest absolute Gasteiger partial charge is 0.303 e. The Morgan fingerprint density at radius 1 is 1.11 bits per heavy atom. The van der Waals surface area contributed by atoms with E-state index in [1.807, 2.05) is 12.1 Å². The van der Waals surface area contributed by atoms with Crippen LogP contribution in [0.1, 0.15) is 29.3 Å². The maximum atomic E-state index is 13.9. The number of amides is 1. The third kappa shape index (κ3) is 5.41. The van der Waals surface area contributed by atoms with Crippen molar-refractivity contribution in [2.24, 2.45) is 0 Å². The molecule has 0 fully saturated rings. The van der Waals surface area contributed by atoms with Gasteiger partial charge in [-0.1, -0.05) is 23.7 Å². The molecule has 1 aromatic heterocycles. The summed E-state index contributed by atoms with van der Waals surface area (Å²) in [5, 5.41) is -0.147. The van der Waals surface area contributed by atoms with E-state index in [1.165, 1.54) is 17.6 Å². The van der Waals surface area contributed by atoms with Crippen LogP contribution in [0.15, 0.2) is 47.3 Å². The predicted octanol–water partition coefficient (Wildman–Crippen LogP) is 4.17. The van der Waals surface area contributed by atoms with Crippen LogP contribution in [-0.2, 0) is 33.9 Å². The van der Waals surface area contributed by atoms with Gasteiger partial charge >= 0.3 is 5.97 Å². The zero-order valence-electron chi connectivity index (χ0n) is 19.6. The van der Waals surface area contributed by atoms with E-state index in [-0.39, 0.29) is 42.0 Å². The summed E-state index contributed by atoms with van der Waals surface area (Å²) in [6.45, 7) is 3.16. The number of anilines is 1. The first-order valence-electron chi connectivity index (χ1n) is 11.2. The lowest BCUT2D eigenvalue weighted by Crippen LogP contribution is -2.32. The lowest BCUT2D eigenvalue weighted by atomic mass is 10.1. The molecule has 4 rings (SSSR count). The third-order valence-electron chi connectivity index (χ3n) is 5.89. The van der Waals surface area contributed by atoms with Crippen LogP contribution < -0.4 is 15.2 Å². The van der Waals surface area contributed by atoms with Gasteiger partial charge in [0.2, 0.25) is 0 Å². The normalized spacial score (nSPS) is 12.4. The molecule has 188 valence electrons. The fourth-order valence-corrected chi connectivity index (χ4v) is 4.26. The van der Waals surface area contributed by atoms with Gasteiger partial charge in [-0.25, -0.2) is 8.78 Å². The Labute approximate surface area is 210 Å². The molecule has 1 amide bonds. The van der Waals surface area contributed by atoms with Crippen LogP contribution >= 0.6 is 11.6 Å². The van der Waals surface area contributed by atoms with Gasteiger partial charge in [0.05, 0.1) is 6.54 Å². The Bertz CT molecular complexity index is 1410. The minimum absolute atomic E-state index is 0.107. The largest absolute Gasteiger partial charge is 0.487 e. The molecule has 0 saturated heterocycles. The van der Waals surface area contributed by atoms with E-state index < -0.39 is 23.2 Å². The summed E-state index contributed by atoms with van der Waals surface area (Å²) >= 11 is 6.28. The highest BCUT2D eigenvalue weighted by molar-refractivity contribution is 6.31. The molecule has 0 bridgehead atoms. The fourth-order valence-electron chi connectivity index (χ4n) is 4.05. The van der Waals surface area contributed by atoms with E-state index in [0.29, 0.717) is 18.7 Å². The Morgan fingerprint density at radius 2 is 1.89 bits per heavy atom. The number of esters is 1. The SMILES string of the molecule is CC(=O)OCC(=O)N1CCc2cc(Cn3c(C)cc(OCc4ccc(F)cc4F)c(Cl)c3=O)ccc21. The van der Waals surface area contributed by atoms with Crippen LogP contribution in [0.25, 0.3) is 0 Å². The summed E-state index contributed by atoms with van der Waals surface area (Å²) < 4.78 is 38.9. The molecule has 1 aliphatic rings. The van der Waals surface area contributed by atoms with E-state index in [1.54, 1.807) is 24.0 Å². The first kappa shape index (κ1) is 25.4. The quantitative estimate of drug-likeness (QED) is 0.441. The van der Waals surface area contributed by atoms with Crippen molar-refractivity contribution >= 4 is 29.2 Å². The fraction of sp³-hybridized carbons (Fsp3) is 0.269. The number of hydrogen-bond acceptors (Lipinski definition) is 5. The van der Waals surface area contributed by atoms with Gasteiger partial charge < -0.3 is 18.9 Å². The topological polar surface area (TPSA) is 77.8 Å². The number of nitrogens with zero attached hydrogens (tertiary/aromatic N) is 2. The number of ether oxygens (including phenoxy) is 2. The van der Waals surface area contributed by atoms with Crippen molar-refractivity contribution in [2.75, 3.05) is 18.1 Å². The second kappa shape index (κ2) is 10.5. The lowest BCUT2D eigenvalue weighted by Gasteiger charge is -2.18. The molecule has 0 aliphatic carbocycles. The van der Waals surface area contributed by atoms with Crippen LogP contribution in [0.4, 0.5) is 14.5 Å². The number of halogens is 3. The predicted molar refractivity (Wildman–Crippen MR) is 129 cm³/mol. The number of fused-ring (bicyclic) bond motifs is 1. The highest BCUT2D eigenvalue weighted by Gasteiger charge is 2.25. The van der Waals surface area contributed by atoms with Crippen molar-refractivity contribution in [3.8, 4) is 5.75 Å². The van der Waals surface area contributed by atoms with Gasteiger partial charge in [0.15, 0.2) is 6.61 Å². The number of aromatic nitrogens is 1. The minimum Gasteiger partial charge on any atom is -0.487 e. The molecule has 1 aliphatic heterocycles. The number of carbonyl (C=O) groups excluding carboxylic acids is 2. The highest BCUT2D eigenvalue weighted by Crippen LogP contribution is 2.30. The average molecular weight is 517 g/mol. The molecule has 2 heterocycles. The van der Waals surface area contributed by atoms with E-state index in [4.69, 9.17) is 21.1 Å². The molecule has 0 radical (unpaired) electrons. The summed E-state index contributed by atoms with van der Waals surface area (Å²) in [5.41, 5.74) is 2.78. The van der Waals surface area contributed by atoms with Crippen LogP contribution in [0.5, 0.6) is 5.75 Å². The molecule has 0 N–H and O–H groups in total. The van der Waals surface area contributed by atoms with E-state index in [9.17, 15) is 23.2 Å². The standard InChI is InChI=1S/C26H23ClF2N2O5/c1-15-9-23(36-13-19-4-5-20(28)11-21(19)29)25(27)26(34)31(15)12-17-3-6-22-18(10-17)7-8-30(22)24(33)14-35-16(2)32/h3-6,9-11H,7-8,12-14H2,1-2H3. The first-order valence-corrected chi connectivity index (χ1v) is 11.5. The van der Waals surface area contributed by atoms with Gasteiger partial charge in [0.1, 0.15) is 29.0 Å². The second-order valence-corrected chi connectivity index (χ2v) is 8.80. The molecule has 3 aromatic rings. The maximum absolute atomic E-state index is 13.9. The first-order chi connectivity index (χ1) is 17.1. The van der Waals surface area contributed by atoms with Crippen molar-refractivity contribution in [3.63, 3.8) is 0 Å². The summed E-state index contributed by atoms with van der Waals surface area (Å²) in [4.78, 5) is 37.9. The van der Waals surface area contributed by atoms with Crippen LogP contribution in [-0.4, -0.2) is 29.6 Å². The van der Waals surface area contributed by atoms with Crippen molar-refractivity contribution in [1.29, 1.82) is 0 Å². The van der Waals surface area contributed by atoms with Crippen molar-refractivity contribution in [1.82, 2.24) is 4.57 Å². The molecule has 2 aromatic carbocycles. The minimum atomic E-state index is -0.751. The Kier molecular flexibility index (Phi) is 7.40. The summed E-state index contributed by atoms with van der Waals surface area (Å²) in [7, 11) is 0. The zero-order chi connectivity index (χ0) is 26.0. The Hall–Kier alpha value is -3.72. The lowest BCUT2D eigenvalue weighted by molar-refractivity contribution is -0.145. The van der Waals surface area contributed by atoms with Crippen LogP contribution in [0.3, 0.4) is 0 Å². The second-order valence-electron chi connectivity index (χ2n) is 8.42. The number of hydrogen-bond donors (Lipinski definition) is 0. The van der Waals surface area contributed by atoms with Gasteiger partial charge in [0.25, 0.3) is 11.5 Å². The Balaban J connectivity index is 1.50. The maximum Gasteiger partial charge on any atom is 0.303 e. The number of carbonyl (C=O) groups is 2.